The molecule has 18 heavy (non-hydrogen) atoms. The molecule has 0 spiro atoms. The van der Waals surface area contributed by atoms with Crippen molar-refractivity contribution in [3.63, 3.8) is 0 Å². The normalized spacial score (nSPS) is 10.7. The second kappa shape index (κ2) is 5.97. The largest absolute Gasteiger partial charge is 0.455 e. The van der Waals surface area contributed by atoms with Crippen molar-refractivity contribution in [3.8, 4) is 0 Å². The van der Waals surface area contributed by atoms with E-state index in [1.807, 2.05) is 30.3 Å². The van der Waals surface area contributed by atoms with Crippen LogP contribution in [0.25, 0.3) is 11.0 Å². The highest BCUT2D eigenvalue weighted by atomic mass is 32.1. The highest BCUT2D eigenvalue weighted by Gasteiger charge is 1.99. The van der Waals surface area contributed by atoms with Gasteiger partial charge in [0.15, 0.2) is 5.11 Å². The summed E-state index contributed by atoms with van der Waals surface area (Å²) in [5, 5.41) is 8.38. The summed E-state index contributed by atoms with van der Waals surface area (Å²) in [5.41, 5.74) is 3.53. The molecule has 1 heterocycles. The van der Waals surface area contributed by atoms with Gasteiger partial charge in [0, 0.05) is 11.9 Å². The number of thiocarbonyl (C=S) groups is 1. The Morgan fingerprint density at radius 2 is 2.28 bits per heavy atom. The van der Waals surface area contributed by atoms with Crippen molar-refractivity contribution in [1.82, 2.24) is 10.7 Å². The minimum absolute atomic E-state index is 0.447. The van der Waals surface area contributed by atoms with E-state index in [2.05, 4.69) is 22.4 Å². The summed E-state index contributed by atoms with van der Waals surface area (Å²) < 4.78 is 5.56. The van der Waals surface area contributed by atoms with Crippen LogP contribution in [0.5, 0.6) is 0 Å². The van der Waals surface area contributed by atoms with Gasteiger partial charge in [-0.3, -0.25) is 5.43 Å². The second-order valence-electron chi connectivity index (χ2n) is 3.56. The molecule has 0 saturated heterocycles. The fourth-order valence-electron chi connectivity index (χ4n) is 1.42. The maximum atomic E-state index is 5.56. The molecule has 0 radical (unpaired) electrons. The van der Waals surface area contributed by atoms with E-state index < -0.39 is 0 Å². The lowest BCUT2D eigenvalue weighted by Crippen LogP contribution is -2.31. The molecule has 0 saturated carbocycles. The molecule has 4 nitrogen and oxygen atoms in total. The predicted molar refractivity (Wildman–Crippen MR) is 77.7 cm³/mol. The van der Waals surface area contributed by atoms with Crippen LogP contribution in [0.1, 0.15) is 5.76 Å². The number of para-hydroxylation sites is 1. The van der Waals surface area contributed by atoms with E-state index in [0.29, 0.717) is 17.4 Å². The molecule has 0 aliphatic rings. The Morgan fingerprint density at radius 3 is 3.06 bits per heavy atom. The van der Waals surface area contributed by atoms with Crippen LogP contribution in [-0.4, -0.2) is 17.9 Å². The fraction of sp³-hybridized carbons (Fsp3) is 0.0769. The molecular weight excluding hydrogens is 246 g/mol. The van der Waals surface area contributed by atoms with Crippen LogP contribution in [-0.2, 0) is 0 Å². The average Bonchev–Trinajstić information content (AvgIpc) is 2.79. The summed E-state index contributed by atoms with van der Waals surface area (Å²) in [4.78, 5) is 0. The van der Waals surface area contributed by atoms with Crippen LogP contribution in [0.2, 0.25) is 0 Å². The minimum atomic E-state index is 0.447. The van der Waals surface area contributed by atoms with E-state index in [1.54, 1.807) is 12.3 Å². The van der Waals surface area contributed by atoms with Crippen molar-refractivity contribution in [2.45, 2.75) is 0 Å². The van der Waals surface area contributed by atoms with Gasteiger partial charge >= 0.3 is 0 Å². The highest BCUT2D eigenvalue weighted by Crippen LogP contribution is 2.17. The van der Waals surface area contributed by atoms with Gasteiger partial charge in [-0.25, -0.2) is 0 Å². The van der Waals surface area contributed by atoms with Gasteiger partial charge in [0.1, 0.15) is 11.3 Å². The van der Waals surface area contributed by atoms with Crippen LogP contribution in [0.15, 0.2) is 52.5 Å². The third-order valence-corrected chi connectivity index (χ3v) is 2.45. The van der Waals surface area contributed by atoms with Crippen molar-refractivity contribution < 1.29 is 4.42 Å². The van der Waals surface area contributed by atoms with Gasteiger partial charge in [-0.15, -0.1) is 6.58 Å². The summed E-state index contributed by atoms with van der Waals surface area (Å²) in [5.74, 6) is 0.676. The smallest absolute Gasteiger partial charge is 0.187 e. The minimum Gasteiger partial charge on any atom is -0.455 e. The molecular formula is C13H13N3OS. The number of furan rings is 1. The molecule has 92 valence electrons. The van der Waals surface area contributed by atoms with Crippen molar-refractivity contribution >= 4 is 34.5 Å². The zero-order chi connectivity index (χ0) is 12.8. The number of nitrogens with zero attached hydrogens (tertiary/aromatic N) is 1. The maximum Gasteiger partial charge on any atom is 0.187 e. The number of rotatable bonds is 4. The first-order valence-electron chi connectivity index (χ1n) is 5.46. The highest BCUT2D eigenvalue weighted by molar-refractivity contribution is 7.80. The van der Waals surface area contributed by atoms with E-state index in [1.165, 1.54) is 0 Å². The van der Waals surface area contributed by atoms with E-state index in [4.69, 9.17) is 16.6 Å². The number of hydrazone groups is 1. The first-order chi connectivity index (χ1) is 8.79. The lowest BCUT2D eigenvalue weighted by molar-refractivity contribution is 0.607. The summed E-state index contributed by atoms with van der Waals surface area (Å²) in [7, 11) is 0. The van der Waals surface area contributed by atoms with Crippen molar-refractivity contribution in [2.75, 3.05) is 6.54 Å². The van der Waals surface area contributed by atoms with Crippen LogP contribution >= 0.6 is 12.2 Å². The number of fused-ring (bicyclic) bond motifs is 1. The number of hydrogen-bond donors (Lipinski definition) is 2. The lowest BCUT2D eigenvalue weighted by atomic mass is 10.2. The Kier molecular flexibility index (Phi) is 4.09. The molecule has 5 heteroatoms. The zero-order valence-electron chi connectivity index (χ0n) is 9.72. The van der Waals surface area contributed by atoms with Crippen LogP contribution in [0.4, 0.5) is 0 Å². The van der Waals surface area contributed by atoms with Gasteiger partial charge in [0.05, 0.1) is 6.21 Å². The third-order valence-electron chi connectivity index (χ3n) is 2.21. The fourth-order valence-corrected chi connectivity index (χ4v) is 1.56. The quantitative estimate of drug-likeness (QED) is 0.383. The summed E-state index contributed by atoms with van der Waals surface area (Å²) in [6.07, 6.45) is 3.30. The maximum absolute atomic E-state index is 5.56. The molecule has 0 unspecified atom stereocenters. The molecule has 2 aromatic rings. The van der Waals surface area contributed by atoms with E-state index in [9.17, 15) is 0 Å². The van der Waals surface area contributed by atoms with E-state index in [-0.39, 0.29) is 0 Å². The number of nitrogens with one attached hydrogen (secondary N) is 2. The summed E-state index contributed by atoms with van der Waals surface area (Å²) >= 11 is 4.98. The predicted octanol–water partition coefficient (Wildman–Crippen LogP) is 2.42. The monoisotopic (exact) mass is 259 g/mol. The van der Waals surface area contributed by atoms with Gasteiger partial charge in [-0.2, -0.15) is 5.10 Å². The molecule has 2 rings (SSSR count). The molecule has 1 aromatic carbocycles. The lowest BCUT2D eigenvalue weighted by Gasteiger charge is -2.02. The topological polar surface area (TPSA) is 49.6 Å². The van der Waals surface area contributed by atoms with Gasteiger partial charge in [-0.1, -0.05) is 24.3 Å². The third kappa shape index (κ3) is 3.18. The standard InChI is InChI=1S/C13H13N3OS/c1-2-7-14-13(18)16-15-9-11-8-10-5-3-4-6-12(10)17-11/h2-6,8-9H,1,7H2,(H2,14,16,18)/b15-9+. The molecule has 0 fully saturated rings. The molecule has 2 N–H and O–H groups in total. The molecule has 0 bridgehead atoms. The Balaban J connectivity index is 1.96. The second-order valence-corrected chi connectivity index (χ2v) is 3.96. The zero-order valence-corrected chi connectivity index (χ0v) is 10.5. The molecule has 0 aliphatic heterocycles. The SMILES string of the molecule is C=CCNC(=S)N/N=C/c1cc2ccccc2o1. The van der Waals surface area contributed by atoms with Crippen LogP contribution in [0, 0.1) is 0 Å². The van der Waals surface area contributed by atoms with Gasteiger partial charge in [-0.05, 0) is 24.4 Å². The molecule has 0 atom stereocenters. The van der Waals surface area contributed by atoms with Crippen molar-refractivity contribution in [2.24, 2.45) is 5.10 Å². The Morgan fingerprint density at radius 1 is 1.44 bits per heavy atom. The molecule has 0 aliphatic carbocycles. The van der Waals surface area contributed by atoms with Gasteiger partial charge in [0.25, 0.3) is 0 Å². The van der Waals surface area contributed by atoms with Gasteiger partial charge < -0.3 is 9.73 Å². The molecule has 0 amide bonds. The average molecular weight is 259 g/mol. The van der Waals surface area contributed by atoms with Crippen LogP contribution in [0.3, 0.4) is 0 Å². The Bertz CT molecular complexity index is 556. The Hall–Kier alpha value is -2.14. The Labute approximate surface area is 110 Å². The first kappa shape index (κ1) is 12.3. The van der Waals surface area contributed by atoms with E-state index in [0.717, 1.165) is 11.0 Å². The summed E-state index contributed by atoms with van der Waals surface area (Å²) in [6, 6.07) is 9.71. The first-order valence-corrected chi connectivity index (χ1v) is 5.87. The van der Waals surface area contributed by atoms with Crippen molar-refractivity contribution in [3.05, 3.63) is 48.7 Å². The van der Waals surface area contributed by atoms with Crippen LogP contribution < -0.4 is 10.7 Å². The summed E-state index contributed by atoms with van der Waals surface area (Å²) in [6.45, 7) is 4.18. The van der Waals surface area contributed by atoms with Gasteiger partial charge in [0.2, 0.25) is 0 Å². The number of hydrogen-bond acceptors (Lipinski definition) is 3. The molecule has 1 aromatic heterocycles. The number of benzene rings is 1. The van der Waals surface area contributed by atoms with Crippen molar-refractivity contribution in [1.29, 1.82) is 0 Å². The van der Waals surface area contributed by atoms with E-state index >= 15 is 0 Å².